The molecular weight excluding hydrogens is 296 g/mol. The molecule has 5 nitrogen and oxygen atoms in total. The highest BCUT2D eigenvalue weighted by molar-refractivity contribution is 6.12. The molecule has 2 rings (SSSR count). The molecule has 0 radical (unpaired) electrons. The third-order valence-corrected chi connectivity index (χ3v) is 3.79. The molecule has 1 aromatic carbocycles. The number of ketones is 2. The maximum absolute atomic E-state index is 12.4. The van der Waals surface area contributed by atoms with Crippen LogP contribution in [0, 0.1) is 5.92 Å². The van der Waals surface area contributed by atoms with Crippen LogP contribution in [0.5, 0.6) is 11.5 Å². The Balaban J connectivity index is 2.50. The monoisotopic (exact) mass is 314 g/mol. The Morgan fingerprint density at radius 2 is 1.91 bits per heavy atom. The number of Topliss-reactive ketones (excluding diaryl/α,β-unsaturated/α-hetero) is 2. The first-order valence-corrected chi connectivity index (χ1v) is 7.13. The Morgan fingerprint density at radius 3 is 2.48 bits per heavy atom. The molecule has 0 saturated heterocycles. The van der Waals surface area contributed by atoms with Crippen molar-refractivity contribution in [3.63, 3.8) is 0 Å². The zero-order valence-electron chi connectivity index (χ0n) is 13.2. The molecule has 0 amide bonds. The number of aldehydes is 1. The number of ether oxygens (including phenoxy) is 2. The number of carbonyl (C=O) groups is 3. The fourth-order valence-electron chi connectivity index (χ4n) is 2.65. The van der Waals surface area contributed by atoms with Crippen molar-refractivity contribution in [3.8, 4) is 11.5 Å². The van der Waals surface area contributed by atoms with Gasteiger partial charge in [0.05, 0.1) is 26.1 Å². The summed E-state index contributed by atoms with van der Waals surface area (Å²) in [5, 5.41) is 0. The van der Waals surface area contributed by atoms with Crippen LogP contribution in [0.2, 0.25) is 0 Å². The molecule has 0 aromatic heterocycles. The quantitative estimate of drug-likeness (QED) is 0.595. The summed E-state index contributed by atoms with van der Waals surface area (Å²) in [5.74, 6) is -1.10. The molecule has 0 spiro atoms. The van der Waals surface area contributed by atoms with E-state index in [9.17, 15) is 14.4 Å². The van der Waals surface area contributed by atoms with Crippen LogP contribution in [0.4, 0.5) is 0 Å². The Labute approximate surface area is 134 Å². The molecule has 23 heavy (non-hydrogen) atoms. The number of hydrogen-bond acceptors (Lipinski definition) is 5. The summed E-state index contributed by atoms with van der Waals surface area (Å²) in [6.07, 6.45) is 5.32. The van der Waals surface area contributed by atoms with Gasteiger partial charge in [0.2, 0.25) is 0 Å². The second-order valence-electron chi connectivity index (χ2n) is 5.19. The van der Waals surface area contributed by atoms with Gasteiger partial charge in [0.1, 0.15) is 12.1 Å². The lowest BCUT2D eigenvalue weighted by Gasteiger charge is -2.21. The molecule has 1 aliphatic rings. The van der Waals surface area contributed by atoms with Crippen LogP contribution in [0.25, 0.3) is 0 Å². The third kappa shape index (κ3) is 3.23. The summed E-state index contributed by atoms with van der Waals surface area (Å²) < 4.78 is 10.4. The Bertz CT molecular complexity index is 699. The zero-order valence-corrected chi connectivity index (χ0v) is 13.2. The first-order valence-electron chi connectivity index (χ1n) is 7.13. The Kier molecular flexibility index (Phi) is 5.11. The van der Waals surface area contributed by atoms with Crippen LogP contribution in [-0.4, -0.2) is 32.1 Å². The van der Waals surface area contributed by atoms with Crippen molar-refractivity contribution in [1.82, 2.24) is 0 Å². The summed E-state index contributed by atoms with van der Waals surface area (Å²) >= 11 is 0. The fourth-order valence-corrected chi connectivity index (χ4v) is 2.65. The van der Waals surface area contributed by atoms with Crippen molar-refractivity contribution in [2.24, 2.45) is 5.92 Å². The topological polar surface area (TPSA) is 69.7 Å². The average Bonchev–Trinajstić information content (AvgIpc) is 2.56. The molecule has 1 aromatic rings. The highest BCUT2D eigenvalue weighted by Crippen LogP contribution is 2.35. The summed E-state index contributed by atoms with van der Waals surface area (Å²) in [6, 6.07) is 5.08. The van der Waals surface area contributed by atoms with E-state index in [0.717, 1.165) is 0 Å². The number of benzene rings is 1. The predicted molar refractivity (Wildman–Crippen MR) is 84.8 cm³/mol. The van der Waals surface area contributed by atoms with Gasteiger partial charge in [-0.2, -0.15) is 0 Å². The average molecular weight is 314 g/mol. The van der Waals surface area contributed by atoms with Crippen LogP contribution in [0.15, 0.2) is 42.0 Å². The molecule has 0 N–H and O–H groups in total. The lowest BCUT2D eigenvalue weighted by atomic mass is 9.80. The maximum atomic E-state index is 12.4. The van der Waals surface area contributed by atoms with Crippen molar-refractivity contribution in [1.29, 1.82) is 0 Å². The van der Waals surface area contributed by atoms with Crippen molar-refractivity contribution in [2.45, 2.75) is 12.8 Å². The highest BCUT2D eigenvalue weighted by atomic mass is 16.5. The number of hydrogen-bond donors (Lipinski definition) is 0. The molecule has 0 aliphatic heterocycles. The van der Waals surface area contributed by atoms with E-state index < -0.39 is 11.8 Å². The minimum atomic E-state index is -0.836. The molecule has 120 valence electrons. The molecule has 2 unspecified atom stereocenters. The normalized spacial score (nSPS) is 18.1. The number of methoxy groups -OCH3 is 2. The summed E-state index contributed by atoms with van der Waals surface area (Å²) in [4.78, 5) is 35.6. The Hall–Kier alpha value is -2.69. The largest absolute Gasteiger partial charge is 0.493 e. The van der Waals surface area contributed by atoms with Gasteiger partial charge in [-0.15, -0.1) is 0 Å². The molecule has 0 fully saturated rings. The lowest BCUT2D eigenvalue weighted by Crippen LogP contribution is -2.25. The maximum Gasteiger partial charge on any atom is 0.173 e. The fraction of sp³-hybridized carbons (Fsp3) is 0.278. The van der Waals surface area contributed by atoms with Crippen LogP contribution < -0.4 is 9.47 Å². The molecule has 0 heterocycles. The van der Waals surface area contributed by atoms with Crippen molar-refractivity contribution in [2.75, 3.05) is 14.2 Å². The van der Waals surface area contributed by atoms with E-state index in [4.69, 9.17) is 9.47 Å². The van der Waals surface area contributed by atoms with Crippen LogP contribution in [0.1, 0.15) is 18.4 Å². The molecule has 0 bridgehead atoms. The lowest BCUT2D eigenvalue weighted by molar-refractivity contribution is -0.125. The Morgan fingerprint density at radius 1 is 1.22 bits per heavy atom. The number of rotatable bonds is 6. The van der Waals surface area contributed by atoms with Gasteiger partial charge in [-0.3, -0.25) is 9.59 Å². The first-order chi connectivity index (χ1) is 11.0. The molecular formula is C18H18O5. The number of allylic oxidation sites excluding steroid dienone is 4. The number of carbonyl (C=O) groups excluding carboxylic acids is 3. The first kappa shape index (κ1) is 16.7. The van der Waals surface area contributed by atoms with Crippen molar-refractivity contribution >= 4 is 17.9 Å². The van der Waals surface area contributed by atoms with E-state index in [1.807, 2.05) is 0 Å². The van der Waals surface area contributed by atoms with Crippen LogP contribution >= 0.6 is 0 Å². The second-order valence-corrected chi connectivity index (χ2v) is 5.19. The molecule has 0 saturated carbocycles. The smallest absolute Gasteiger partial charge is 0.173 e. The summed E-state index contributed by atoms with van der Waals surface area (Å²) in [5.41, 5.74) is 0.930. The van der Waals surface area contributed by atoms with Crippen LogP contribution in [0.3, 0.4) is 0 Å². The van der Waals surface area contributed by atoms with Gasteiger partial charge in [0.25, 0.3) is 0 Å². The van der Waals surface area contributed by atoms with E-state index in [2.05, 4.69) is 0 Å². The molecule has 5 heteroatoms. The van der Waals surface area contributed by atoms with Gasteiger partial charge in [-0.05, 0) is 24.6 Å². The SMILES string of the molecule is COc1ccc(C(C(C)=O)C2=CC=CC(C=O)C2=O)cc1OC. The van der Waals surface area contributed by atoms with Gasteiger partial charge in [-0.1, -0.05) is 24.3 Å². The highest BCUT2D eigenvalue weighted by Gasteiger charge is 2.31. The molecule has 2 atom stereocenters. The zero-order chi connectivity index (χ0) is 17.0. The van der Waals surface area contributed by atoms with Crippen molar-refractivity contribution in [3.05, 3.63) is 47.6 Å². The third-order valence-electron chi connectivity index (χ3n) is 3.79. The van der Waals surface area contributed by atoms with E-state index in [-0.39, 0.29) is 11.6 Å². The van der Waals surface area contributed by atoms with E-state index in [1.54, 1.807) is 30.4 Å². The van der Waals surface area contributed by atoms with Gasteiger partial charge in [0.15, 0.2) is 17.3 Å². The van der Waals surface area contributed by atoms with Gasteiger partial charge in [-0.25, -0.2) is 0 Å². The summed E-state index contributed by atoms with van der Waals surface area (Å²) in [7, 11) is 3.02. The van der Waals surface area contributed by atoms with Gasteiger partial charge >= 0.3 is 0 Å². The minimum Gasteiger partial charge on any atom is -0.493 e. The molecule has 1 aliphatic carbocycles. The van der Waals surface area contributed by atoms with Crippen molar-refractivity contribution < 1.29 is 23.9 Å². The van der Waals surface area contributed by atoms with Gasteiger partial charge in [0, 0.05) is 5.57 Å². The summed E-state index contributed by atoms with van der Waals surface area (Å²) in [6.45, 7) is 1.42. The van der Waals surface area contributed by atoms with E-state index in [0.29, 0.717) is 28.9 Å². The predicted octanol–water partition coefficient (Wildman–Crippen LogP) is 2.26. The van der Waals surface area contributed by atoms with Gasteiger partial charge < -0.3 is 14.3 Å². The standard InChI is InChI=1S/C18H18O5/c1-11(20)17(14-6-4-5-13(10-19)18(14)21)12-7-8-15(22-2)16(9-12)23-3/h4-10,13,17H,1-3H3. The van der Waals surface area contributed by atoms with E-state index >= 15 is 0 Å². The van der Waals surface area contributed by atoms with E-state index in [1.165, 1.54) is 27.2 Å². The second kappa shape index (κ2) is 7.05. The van der Waals surface area contributed by atoms with Crippen LogP contribution in [-0.2, 0) is 14.4 Å². The minimum absolute atomic E-state index is 0.184.